The maximum Gasteiger partial charge on any atom is 0.697 e. The van der Waals surface area contributed by atoms with E-state index in [-0.39, 0.29) is 62.1 Å². The molecular formula is C67H103N7O14PSi5+. The van der Waals surface area contributed by atoms with Gasteiger partial charge in [0.2, 0.25) is 5.95 Å². The zero-order chi connectivity index (χ0) is 69.7. The van der Waals surface area contributed by atoms with Gasteiger partial charge in [-0.15, -0.1) is 9.05 Å². The third-order valence-corrected chi connectivity index (χ3v) is 44.1. The number of nitrogens with zero attached hydrogens (tertiary/aromatic N) is 4. The Morgan fingerprint density at radius 3 is 1.56 bits per heavy atom. The molecule has 0 bridgehead atoms. The lowest BCUT2D eigenvalue weighted by Crippen LogP contribution is -2.66. The molecule has 2 saturated heterocycles. The summed E-state index contributed by atoms with van der Waals surface area (Å²) in [5.41, 5.74) is -0.910. The number of aromatic amines is 2. The first-order valence-corrected chi connectivity index (χ1v) is 47.1. The number of fused-ring (bicyclic) bond motifs is 1. The van der Waals surface area contributed by atoms with Crippen LogP contribution in [0, 0.1) is 0 Å². The first-order valence-electron chi connectivity index (χ1n) is 32.5. The van der Waals surface area contributed by atoms with Gasteiger partial charge in [0.25, 0.3) is 25.3 Å². The van der Waals surface area contributed by atoms with Gasteiger partial charge in [0.15, 0.2) is 63.0 Å². The lowest BCUT2D eigenvalue weighted by molar-refractivity contribution is -0.0532. The Morgan fingerprint density at radius 2 is 1.05 bits per heavy atom. The summed E-state index contributed by atoms with van der Waals surface area (Å²) in [6, 6.07) is 29.0. The predicted octanol–water partition coefficient (Wildman–Crippen LogP) is 13.0. The second-order valence-corrected chi connectivity index (χ2v) is 56.4. The molecule has 27 heteroatoms. The number of carbonyl (C=O) groups excluding carboxylic acids is 1. The molecule has 0 aliphatic carbocycles. The monoisotopic (exact) mass is 1400 g/mol. The normalized spacial score (nSPS) is 21.7. The van der Waals surface area contributed by atoms with E-state index in [1.807, 2.05) is 48.5 Å². The highest BCUT2D eigenvalue weighted by atomic mass is 31.1. The summed E-state index contributed by atoms with van der Waals surface area (Å²) in [5.74, 6) is -0.685. The summed E-state index contributed by atoms with van der Waals surface area (Å²) in [6.07, 6.45) is -5.19. The van der Waals surface area contributed by atoms with Crippen LogP contribution in [-0.4, -0.2) is 126 Å². The largest absolute Gasteiger partial charge is 0.697 e. The molecule has 9 atom stereocenters. The molecule has 514 valence electrons. The molecule has 8 rings (SSSR count). The van der Waals surface area contributed by atoms with Crippen LogP contribution >= 0.6 is 8.25 Å². The number of hydrogen-bond donors (Lipinski definition) is 3. The molecule has 0 spiro atoms. The first-order chi connectivity index (χ1) is 43.3. The van der Waals surface area contributed by atoms with Gasteiger partial charge in [0.1, 0.15) is 37.1 Å². The van der Waals surface area contributed by atoms with Gasteiger partial charge < -0.3 is 31.6 Å². The molecule has 1 unspecified atom stereocenters. The van der Waals surface area contributed by atoms with Gasteiger partial charge in [-0.3, -0.25) is 38.8 Å². The van der Waals surface area contributed by atoms with Crippen LogP contribution in [-0.2, 0) is 51.8 Å². The third kappa shape index (κ3) is 15.9. The van der Waals surface area contributed by atoms with Crippen molar-refractivity contribution in [2.45, 2.75) is 237 Å². The zero-order valence-corrected chi connectivity index (χ0v) is 65.4. The number of amides is 1. The van der Waals surface area contributed by atoms with Crippen molar-refractivity contribution in [3.8, 4) is 0 Å². The average Bonchev–Trinajstić information content (AvgIpc) is 1.26. The van der Waals surface area contributed by atoms with E-state index in [0.29, 0.717) is 11.1 Å². The van der Waals surface area contributed by atoms with E-state index in [1.165, 1.54) is 23.2 Å². The number of benzene rings is 3. The highest BCUT2D eigenvalue weighted by Gasteiger charge is 2.59. The molecular weight excluding hydrogens is 1300 g/mol. The highest BCUT2D eigenvalue weighted by Crippen LogP contribution is 2.49. The molecule has 2 aliphatic heterocycles. The van der Waals surface area contributed by atoms with Crippen molar-refractivity contribution in [3.05, 3.63) is 146 Å². The summed E-state index contributed by atoms with van der Waals surface area (Å²) in [4.78, 5) is 69.7. The lowest BCUT2D eigenvalue weighted by atomic mass is 10.1. The maximum atomic E-state index is 15.0. The number of hydrogen-bond acceptors (Lipinski definition) is 16. The SMILES string of the molecule is CC(C)(C)[Si](C)(C)OC[C@H]1O[C@@H](n2cnc3c(=O)[nH]c(NC(=O)c4ccccc4CO[Si](c4ccccc4)(c4ccccc4)C(C)(C)C)nc32)[C@H](O[Si](C)(C)C(C)(C)C)[C@@H]1O[P+](=O)OC[C@H]1O[C@@H](n2ccc(=O)[nH]c2=O)[C@H](O[Si](C)(C)C(C)(C)C)[C@@H]1O[Si](C)(C)C(C)(C)C. The van der Waals surface area contributed by atoms with E-state index >= 15 is 4.57 Å². The molecule has 94 heavy (non-hydrogen) atoms. The minimum absolute atomic E-state index is 0.00441. The Labute approximate surface area is 560 Å². The quantitative estimate of drug-likeness (QED) is 0.0398. The number of anilines is 1. The Kier molecular flexibility index (Phi) is 22.0. The maximum absolute atomic E-state index is 15.0. The summed E-state index contributed by atoms with van der Waals surface area (Å²) >= 11 is 0. The Bertz CT molecular complexity index is 3790. The van der Waals surface area contributed by atoms with Crippen molar-refractivity contribution in [2.75, 3.05) is 18.5 Å². The molecule has 21 nitrogen and oxygen atoms in total. The molecule has 6 aromatic rings. The smallest absolute Gasteiger partial charge is 0.414 e. The van der Waals surface area contributed by atoms with Crippen molar-refractivity contribution >= 4 is 83.2 Å². The van der Waals surface area contributed by atoms with Gasteiger partial charge in [-0.2, -0.15) is 4.98 Å². The van der Waals surface area contributed by atoms with Crippen LogP contribution in [0.3, 0.4) is 0 Å². The van der Waals surface area contributed by atoms with E-state index in [9.17, 15) is 19.2 Å². The van der Waals surface area contributed by atoms with Gasteiger partial charge in [-0.25, -0.2) is 9.78 Å². The van der Waals surface area contributed by atoms with E-state index in [4.69, 9.17) is 45.6 Å². The van der Waals surface area contributed by atoms with Crippen molar-refractivity contribution < 1.29 is 50.0 Å². The summed E-state index contributed by atoms with van der Waals surface area (Å²) < 4.78 is 80.9. The molecule has 5 heterocycles. The zero-order valence-electron chi connectivity index (χ0n) is 59.5. The second kappa shape index (κ2) is 27.7. The molecule has 2 fully saturated rings. The lowest BCUT2D eigenvalue weighted by Gasteiger charge is -2.44. The Hall–Kier alpha value is -5.02. The Balaban J connectivity index is 1.15. The van der Waals surface area contributed by atoms with E-state index in [1.54, 1.807) is 16.7 Å². The van der Waals surface area contributed by atoms with E-state index in [0.717, 1.165) is 10.4 Å². The second-order valence-electron chi connectivity index (χ2n) is 32.1. The number of imidazole rings is 1. The van der Waals surface area contributed by atoms with E-state index in [2.05, 4.69) is 201 Å². The highest BCUT2D eigenvalue weighted by molar-refractivity contribution is 7.33. The van der Waals surface area contributed by atoms with Crippen LogP contribution in [0.15, 0.2) is 118 Å². The molecule has 3 aromatic carbocycles. The number of H-pyrrole nitrogens is 2. The standard InChI is InChI=1S/C67H102N7O14PSi5/c1-63(2,3)90(16,17)81-42-49-52(85-89(79)80-41-48-53(86-91(18,19)64(4,5)6)55(88-93(22,23)66(10,11)12)59(83-48)73-39-38-50(75)69-62(73)78)54(87-92(20,21)65(7,8)9)60(84-49)74-43-68-51-56(74)70-61(72-58(51)77)71-57(76)47-37-31-30-32-44(47)40-82-94(67(13,14)15,45-33-26-24-27-34-45)46-35-28-25-29-36-46/h24-39,43,48-49,52-55,59-60H,40-42H2,1-23H3,(H2-,69,70,71,72,75,76,77,78)/p+1/t48-,49-,52-,53-,54-,55-,59-,60-/m1/s1. The fraction of sp³-hybridized carbons (Fsp3) is 0.582. The van der Waals surface area contributed by atoms with Crippen molar-refractivity contribution in [1.82, 2.24) is 29.1 Å². The number of ether oxygens (including phenoxy) is 2. The van der Waals surface area contributed by atoms with Gasteiger partial charge in [0, 0.05) is 22.4 Å². The number of aromatic nitrogens is 6. The van der Waals surface area contributed by atoms with Crippen LogP contribution in [0.25, 0.3) is 11.2 Å². The minimum atomic E-state index is -3.06. The van der Waals surface area contributed by atoms with Gasteiger partial charge >= 0.3 is 13.9 Å². The summed E-state index contributed by atoms with van der Waals surface area (Å²) in [7, 11) is -16.8. The van der Waals surface area contributed by atoms with Gasteiger partial charge in [-0.05, 0) is 99.6 Å². The number of nitrogens with one attached hydrogen (secondary N) is 3. The van der Waals surface area contributed by atoms with Crippen molar-refractivity contribution in [2.24, 2.45) is 0 Å². The average molecular weight is 1400 g/mol. The van der Waals surface area contributed by atoms with E-state index < -0.39 is 122 Å². The molecule has 2 aliphatic rings. The number of rotatable bonds is 23. The van der Waals surface area contributed by atoms with Crippen LogP contribution in [0.5, 0.6) is 0 Å². The first kappa shape index (κ1) is 74.8. The van der Waals surface area contributed by atoms with Crippen molar-refractivity contribution in [3.63, 3.8) is 0 Å². The minimum Gasteiger partial charge on any atom is -0.414 e. The fourth-order valence-corrected chi connectivity index (χ4v) is 21.0. The Morgan fingerprint density at radius 1 is 0.574 bits per heavy atom. The van der Waals surface area contributed by atoms with Gasteiger partial charge in [0.05, 0.1) is 19.5 Å². The predicted molar refractivity (Wildman–Crippen MR) is 382 cm³/mol. The van der Waals surface area contributed by atoms with Crippen molar-refractivity contribution in [1.29, 1.82) is 0 Å². The molecule has 0 saturated carbocycles. The molecule has 0 radical (unpaired) electrons. The van der Waals surface area contributed by atoms with Crippen LogP contribution in [0.2, 0.25) is 77.6 Å². The third-order valence-electron chi connectivity index (χ3n) is 20.4. The van der Waals surface area contributed by atoms with Crippen LogP contribution in [0.1, 0.15) is 132 Å². The fourth-order valence-electron chi connectivity index (χ4n) is 10.8. The molecule has 3 N–H and O–H groups in total. The molecule has 3 aromatic heterocycles. The number of carbonyl (C=O) groups is 1. The molecule has 1 amide bonds. The van der Waals surface area contributed by atoms with Crippen LogP contribution < -0.4 is 32.5 Å². The summed E-state index contributed by atoms with van der Waals surface area (Å²) in [5, 5.41) is 3.60. The summed E-state index contributed by atoms with van der Waals surface area (Å²) in [6.45, 7) is 48.6. The van der Waals surface area contributed by atoms with Gasteiger partial charge in [-0.1, -0.05) is 183 Å². The van der Waals surface area contributed by atoms with Crippen LogP contribution in [0.4, 0.5) is 5.95 Å². The topological polar surface area (TPSA) is 248 Å².